The van der Waals surface area contributed by atoms with Crippen molar-refractivity contribution in [3.8, 4) is 5.69 Å². The molecule has 0 fully saturated rings. The molecule has 1 heterocycles. The molecule has 3 aromatic rings. The highest BCUT2D eigenvalue weighted by atomic mass is 35.5. The third kappa shape index (κ3) is 6.34. The van der Waals surface area contributed by atoms with E-state index < -0.39 is 0 Å². The van der Waals surface area contributed by atoms with Crippen molar-refractivity contribution < 1.29 is 14.3 Å². The van der Waals surface area contributed by atoms with Crippen LogP contribution in [0.2, 0.25) is 5.02 Å². The van der Waals surface area contributed by atoms with Gasteiger partial charge in [0.05, 0.1) is 28.6 Å². The van der Waals surface area contributed by atoms with E-state index in [0.717, 1.165) is 22.6 Å². The minimum atomic E-state index is -0.299. The molecule has 0 saturated carbocycles. The van der Waals surface area contributed by atoms with Gasteiger partial charge in [-0.25, -0.2) is 0 Å². The van der Waals surface area contributed by atoms with Gasteiger partial charge >= 0.3 is 0 Å². The normalized spacial score (nSPS) is 10.8. The van der Waals surface area contributed by atoms with Crippen molar-refractivity contribution in [1.82, 2.24) is 20.1 Å². The largest absolute Gasteiger partial charge is 0.383 e. The molecule has 0 aliphatic heterocycles. The number of hydrogen-bond acceptors (Lipinski definition) is 6. The minimum Gasteiger partial charge on any atom is -0.383 e. The molecule has 0 saturated heterocycles. The number of nitrogens with one attached hydrogen (secondary N) is 2. The van der Waals surface area contributed by atoms with E-state index in [1.165, 1.54) is 11.8 Å². The van der Waals surface area contributed by atoms with Crippen LogP contribution in [0.15, 0.2) is 41.6 Å². The number of carbonyl (C=O) groups is 2. The van der Waals surface area contributed by atoms with E-state index in [9.17, 15) is 9.59 Å². The Morgan fingerprint density at radius 3 is 2.64 bits per heavy atom. The van der Waals surface area contributed by atoms with Gasteiger partial charge in [0.15, 0.2) is 5.16 Å². The van der Waals surface area contributed by atoms with Gasteiger partial charge in [0, 0.05) is 19.3 Å². The maximum Gasteiger partial charge on any atom is 0.252 e. The molecule has 0 radical (unpaired) electrons. The summed E-state index contributed by atoms with van der Waals surface area (Å²) in [6.07, 6.45) is 0. The van der Waals surface area contributed by atoms with Crippen LogP contribution in [0.5, 0.6) is 0 Å². The Morgan fingerprint density at radius 2 is 1.91 bits per heavy atom. The van der Waals surface area contributed by atoms with Crippen LogP contribution in [-0.4, -0.2) is 52.6 Å². The second-order valence-electron chi connectivity index (χ2n) is 7.44. The average molecular weight is 488 g/mol. The lowest BCUT2D eigenvalue weighted by Crippen LogP contribution is -2.27. The smallest absolute Gasteiger partial charge is 0.252 e. The highest BCUT2D eigenvalue weighted by molar-refractivity contribution is 7.99. The van der Waals surface area contributed by atoms with Gasteiger partial charge < -0.3 is 15.4 Å². The number of aryl methyl sites for hydroxylation is 3. The number of amides is 2. The van der Waals surface area contributed by atoms with Gasteiger partial charge in [-0.05, 0) is 56.2 Å². The van der Waals surface area contributed by atoms with E-state index >= 15 is 0 Å². The summed E-state index contributed by atoms with van der Waals surface area (Å²) < 4.78 is 6.87. The maximum absolute atomic E-state index is 12.5. The number of ether oxygens (including phenoxy) is 1. The first-order valence-corrected chi connectivity index (χ1v) is 11.7. The zero-order valence-electron chi connectivity index (χ0n) is 18.9. The molecule has 0 spiro atoms. The van der Waals surface area contributed by atoms with Crippen LogP contribution in [0.1, 0.15) is 27.3 Å². The summed E-state index contributed by atoms with van der Waals surface area (Å²) in [6.45, 7) is 6.73. The van der Waals surface area contributed by atoms with E-state index in [1.54, 1.807) is 25.3 Å². The van der Waals surface area contributed by atoms with Gasteiger partial charge in [-0.3, -0.25) is 14.2 Å². The predicted molar refractivity (Wildman–Crippen MR) is 131 cm³/mol. The van der Waals surface area contributed by atoms with Gasteiger partial charge in [0.1, 0.15) is 5.82 Å². The molecule has 0 aliphatic carbocycles. The molecule has 10 heteroatoms. The summed E-state index contributed by atoms with van der Waals surface area (Å²) >= 11 is 7.54. The number of methoxy groups -OCH3 is 1. The van der Waals surface area contributed by atoms with E-state index in [0.29, 0.717) is 29.6 Å². The van der Waals surface area contributed by atoms with Crippen LogP contribution in [0, 0.1) is 20.8 Å². The second-order valence-corrected chi connectivity index (χ2v) is 8.79. The Hall–Kier alpha value is -2.88. The fourth-order valence-electron chi connectivity index (χ4n) is 3.14. The number of hydrogen-bond donors (Lipinski definition) is 2. The highest BCUT2D eigenvalue weighted by Gasteiger charge is 2.16. The second kappa shape index (κ2) is 11.3. The lowest BCUT2D eigenvalue weighted by atomic mass is 10.1. The Balaban J connectivity index is 1.64. The summed E-state index contributed by atoms with van der Waals surface area (Å²) in [4.78, 5) is 24.7. The predicted octanol–water partition coefficient (Wildman–Crippen LogP) is 3.95. The fourth-order valence-corrected chi connectivity index (χ4v) is 4.20. The average Bonchev–Trinajstić information content (AvgIpc) is 3.14. The minimum absolute atomic E-state index is 0.139. The Morgan fingerprint density at radius 1 is 1.12 bits per heavy atom. The number of rotatable bonds is 9. The van der Waals surface area contributed by atoms with Crippen molar-refractivity contribution in [1.29, 1.82) is 0 Å². The molecule has 2 amide bonds. The molecule has 0 aliphatic rings. The maximum atomic E-state index is 12.5. The molecule has 3 rings (SSSR count). The Kier molecular flexibility index (Phi) is 8.49. The molecule has 174 valence electrons. The van der Waals surface area contributed by atoms with Crippen LogP contribution >= 0.6 is 23.4 Å². The number of benzene rings is 2. The number of nitrogens with zero attached hydrogens (tertiary/aromatic N) is 3. The van der Waals surface area contributed by atoms with E-state index in [1.807, 2.05) is 25.3 Å². The number of aromatic nitrogens is 3. The van der Waals surface area contributed by atoms with Crippen LogP contribution in [0.3, 0.4) is 0 Å². The number of thioether (sulfide) groups is 1. The van der Waals surface area contributed by atoms with E-state index in [-0.39, 0.29) is 22.6 Å². The molecular weight excluding hydrogens is 462 g/mol. The SMILES string of the molecule is COCCNC(=O)c1ccc(NC(=O)CSc2nnc(C)n2-c2cc(C)ccc2C)cc1Cl. The zero-order chi connectivity index (χ0) is 24.0. The summed E-state index contributed by atoms with van der Waals surface area (Å²) in [5.74, 6) is 0.366. The van der Waals surface area contributed by atoms with Crippen LogP contribution < -0.4 is 10.6 Å². The van der Waals surface area contributed by atoms with Crippen LogP contribution in [0.25, 0.3) is 5.69 Å². The Labute approximate surface area is 202 Å². The molecule has 0 atom stereocenters. The van der Waals surface area contributed by atoms with Gasteiger partial charge in [-0.15, -0.1) is 10.2 Å². The molecule has 0 bridgehead atoms. The van der Waals surface area contributed by atoms with Crippen LogP contribution in [0.4, 0.5) is 5.69 Å². The van der Waals surface area contributed by atoms with Crippen molar-refractivity contribution >= 4 is 40.9 Å². The zero-order valence-corrected chi connectivity index (χ0v) is 20.5. The first-order chi connectivity index (χ1) is 15.8. The number of anilines is 1. The first kappa shape index (κ1) is 24.8. The molecule has 1 aromatic heterocycles. The molecule has 2 aromatic carbocycles. The Bertz CT molecular complexity index is 1160. The van der Waals surface area contributed by atoms with E-state index in [4.69, 9.17) is 16.3 Å². The monoisotopic (exact) mass is 487 g/mol. The summed E-state index contributed by atoms with van der Waals surface area (Å²) in [7, 11) is 1.56. The third-order valence-electron chi connectivity index (χ3n) is 4.82. The van der Waals surface area contributed by atoms with Crippen molar-refractivity contribution in [2.45, 2.75) is 25.9 Å². The van der Waals surface area contributed by atoms with Crippen molar-refractivity contribution in [3.63, 3.8) is 0 Å². The molecule has 8 nitrogen and oxygen atoms in total. The summed E-state index contributed by atoms with van der Waals surface area (Å²) in [5, 5.41) is 14.8. The molecule has 0 unspecified atom stereocenters. The standard InChI is InChI=1S/C23H26ClN5O3S/c1-14-5-6-15(2)20(11-14)29-16(3)27-28-23(29)33-13-21(30)26-17-7-8-18(19(24)12-17)22(31)25-9-10-32-4/h5-8,11-12H,9-10,13H2,1-4H3,(H,25,31)(H,26,30). The van der Waals surface area contributed by atoms with Crippen molar-refractivity contribution in [2.75, 3.05) is 31.3 Å². The summed E-state index contributed by atoms with van der Waals surface area (Å²) in [6, 6.07) is 11.0. The topological polar surface area (TPSA) is 98.1 Å². The summed E-state index contributed by atoms with van der Waals surface area (Å²) in [5.41, 5.74) is 4.05. The first-order valence-electron chi connectivity index (χ1n) is 10.3. The van der Waals surface area contributed by atoms with Gasteiger partial charge in [0.2, 0.25) is 5.91 Å². The van der Waals surface area contributed by atoms with E-state index in [2.05, 4.69) is 39.0 Å². The molecular formula is C23H26ClN5O3S. The van der Waals surface area contributed by atoms with Gasteiger partial charge in [-0.2, -0.15) is 0 Å². The lowest BCUT2D eigenvalue weighted by Gasteiger charge is -2.12. The lowest BCUT2D eigenvalue weighted by molar-refractivity contribution is -0.113. The third-order valence-corrected chi connectivity index (χ3v) is 6.06. The fraction of sp³-hybridized carbons (Fsp3) is 0.304. The molecule has 33 heavy (non-hydrogen) atoms. The number of carbonyl (C=O) groups excluding carboxylic acids is 2. The number of halogens is 1. The van der Waals surface area contributed by atoms with Crippen molar-refractivity contribution in [3.05, 3.63) is 63.9 Å². The van der Waals surface area contributed by atoms with Crippen LogP contribution in [-0.2, 0) is 9.53 Å². The molecule has 2 N–H and O–H groups in total. The van der Waals surface area contributed by atoms with Gasteiger partial charge in [0.25, 0.3) is 5.91 Å². The highest BCUT2D eigenvalue weighted by Crippen LogP contribution is 2.26. The van der Waals surface area contributed by atoms with Crippen molar-refractivity contribution in [2.24, 2.45) is 0 Å². The van der Waals surface area contributed by atoms with Gasteiger partial charge in [-0.1, -0.05) is 35.5 Å². The quantitative estimate of drug-likeness (QED) is 0.350.